The lowest BCUT2D eigenvalue weighted by molar-refractivity contribution is 0.0129. The summed E-state index contributed by atoms with van der Waals surface area (Å²) in [5.74, 6) is -0.594. The maximum absolute atomic E-state index is 13.4. The number of aliphatic hydroxyl groups is 2. The quantitative estimate of drug-likeness (QED) is 0.497. The van der Waals surface area contributed by atoms with E-state index < -0.39 is 18.0 Å². The molecule has 0 heterocycles. The van der Waals surface area contributed by atoms with Gasteiger partial charge in [0.15, 0.2) is 0 Å². The number of rotatable bonds is 5. The van der Waals surface area contributed by atoms with Gasteiger partial charge in [0.05, 0.1) is 6.10 Å². The molecule has 0 fully saturated rings. The third kappa shape index (κ3) is 3.98. The Morgan fingerprint density at radius 3 is 2.82 bits per heavy atom. The minimum Gasteiger partial charge on any atom is -0.390 e. The minimum absolute atomic E-state index is 0.00723. The van der Waals surface area contributed by atoms with Crippen LogP contribution in [-0.2, 0) is 0 Å². The maximum Gasteiger partial charge on any atom is 0.129 e. The molecule has 2 N–H and O–H groups in total. The molecule has 2 unspecified atom stereocenters. The molecule has 0 saturated heterocycles. The van der Waals surface area contributed by atoms with Gasteiger partial charge in [0, 0.05) is 21.5 Å². The molecule has 92 valence electrons. The molecule has 1 aromatic carbocycles. The van der Waals surface area contributed by atoms with Gasteiger partial charge in [-0.15, -0.1) is 0 Å². The first-order valence-electron chi connectivity index (χ1n) is 4.88. The smallest absolute Gasteiger partial charge is 0.129 e. The first kappa shape index (κ1) is 13.9. The molecule has 1 aromatic rings. The van der Waals surface area contributed by atoms with Crippen LogP contribution in [-0.4, -0.2) is 22.9 Å². The summed E-state index contributed by atoms with van der Waals surface area (Å²) < 4.78 is 14.0. The lowest BCUT2D eigenvalue weighted by Gasteiger charge is -2.18. The van der Waals surface area contributed by atoms with Gasteiger partial charge in [-0.3, -0.25) is 0 Å². The van der Waals surface area contributed by atoms with E-state index in [4.69, 9.17) is 5.53 Å². The molecule has 7 heteroatoms. The molecule has 0 radical (unpaired) electrons. The fourth-order valence-electron chi connectivity index (χ4n) is 1.34. The van der Waals surface area contributed by atoms with E-state index in [9.17, 15) is 14.6 Å². The molecule has 0 aliphatic rings. The summed E-state index contributed by atoms with van der Waals surface area (Å²) in [5, 5.41) is 22.6. The second-order valence-corrected chi connectivity index (χ2v) is 4.34. The maximum atomic E-state index is 13.4. The van der Waals surface area contributed by atoms with Crippen LogP contribution < -0.4 is 0 Å². The molecule has 0 saturated carbocycles. The molecule has 0 spiro atoms. The van der Waals surface area contributed by atoms with E-state index in [1.165, 1.54) is 18.2 Å². The molecule has 0 aliphatic carbocycles. The zero-order valence-electron chi connectivity index (χ0n) is 8.79. The third-order valence-electron chi connectivity index (χ3n) is 2.23. The summed E-state index contributed by atoms with van der Waals surface area (Å²) in [5.41, 5.74) is 8.07. The van der Waals surface area contributed by atoms with Crippen LogP contribution in [0.2, 0.25) is 0 Å². The summed E-state index contributed by atoms with van der Waals surface area (Å²) in [4.78, 5) is 2.52. The highest BCUT2D eigenvalue weighted by Gasteiger charge is 2.21. The van der Waals surface area contributed by atoms with Gasteiger partial charge in [0.25, 0.3) is 0 Å². The number of azide groups is 1. The van der Waals surface area contributed by atoms with Crippen LogP contribution in [0.4, 0.5) is 4.39 Å². The van der Waals surface area contributed by atoms with Crippen LogP contribution in [0.5, 0.6) is 0 Å². The SMILES string of the molecule is [N-]=[N+]=NCCC(O)C(O)c1cc(Br)ccc1F. The summed E-state index contributed by atoms with van der Waals surface area (Å²) >= 11 is 3.15. The molecule has 17 heavy (non-hydrogen) atoms. The van der Waals surface area contributed by atoms with Gasteiger partial charge in [-0.25, -0.2) is 4.39 Å². The predicted octanol–water partition coefficient (Wildman–Crippen LogP) is 2.68. The Hall–Kier alpha value is -1.14. The second-order valence-electron chi connectivity index (χ2n) is 3.42. The van der Waals surface area contributed by atoms with Crippen molar-refractivity contribution in [2.24, 2.45) is 5.11 Å². The van der Waals surface area contributed by atoms with Crippen LogP contribution in [0.3, 0.4) is 0 Å². The zero-order valence-corrected chi connectivity index (χ0v) is 10.4. The Labute approximate surface area is 106 Å². The Morgan fingerprint density at radius 2 is 2.18 bits per heavy atom. The van der Waals surface area contributed by atoms with Gasteiger partial charge < -0.3 is 10.2 Å². The molecule has 0 bridgehead atoms. The number of hydrogen-bond acceptors (Lipinski definition) is 3. The van der Waals surface area contributed by atoms with Crippen LogP contribution in [0.25, 0.3) is 10.4 Å². The van der Waals surface area contributed by atoms with Crippen LogP contribution in [0.15, 0.2) is 27.8 Å². The number of benzene rings is 1. The molecular formula is C10H11BrFN3O2. The van der Waals surface area contributed by atoms with Crippen molar-refractivity contribution in [3.8, 4) is 0 Å². The van der Waals surface area contributed by atoms with Gasteiger partial charge in [0.2, 0.25) is 0 Å². The van der Waals surface area contributed by atoms with Crippen LogP contribution >= 0.6 is 15.9 Å². The summed E-state index contributed by atoms with van der Waals surface area (Å²) in [7, 11) is 0. The first-order valence-corrected chi connectivity index (χ1v) is 5.67. The fourth-order valence-corrected chi connectivity index (χ4v) is 1.72. The van der Waals surface area contributed by atoms with E-state index in [0.717, 1.165) is 0 Å². The van der Waals surface area contributed by atoms with Gasteiger partial charge in [0.1, 0.15) is 11.9 Å². The Kier molecular flexibility index (Phi) is 5.37. The largest absolute Gasteiger partial charge is 0.390 e. The number of nitrogens with zero attached hydrogens (tertiary/aromatic N) is 3. The highest BCUT2D eigenvalue weighted by molar-refractivity contribution is 9.10. The average molecular weight is 304 g/mol. The second kappa shape index (κ2) is 6.56. The molecule has 0 aliphatic heterocycles. The minimum atomic E-state index is -1.35. The Morgan fingerprint density at radius 1 is 1.47 bits per heavy atom. The lowest BCUT2D eigenvalue weighted by atomic mass is 10.0. The molecule has 2 atom stereocenters. The van der Waals surface area contributed by atoms with Crippen LogP contribution in [0, 0.1) is 5.82 Å². The topological polar surface area (TPSA) is 89.2 Å². The number of hydrogen-bond donors (Lipinski definition) is 2. The van der Waals surface area contributed by atoms with Crippen molar-refractivity contribution >= 4 is 15.9 Å². The molecule has 1 rings (SSSR count). The van der Waals surface area contributed by atoms with E-state index in [1.807, 2.05) is 0 Å². The van der Waals surface area contributed by atoms with E-state index in [0.29, 0.717) is 4.47 Å². The lowest BCUT2D eigenvalue weighted by Crippen LogP contribution is -2.20. The van der Waals surface area contributed by atoms with Crippen molar-refractivity contribution in [2.75, 3.05) is 6.54 Å². The standard InChI is InChI=1S/C10H11BrFN3O2/c11-6-1-2-8(12)7(5-6)10(17)9(16)3-4-14-15-13/h1-2,5,9-10,16-17H,3-4H2. The molecule has 0 amide bonds. The van der Waals surface area contributed by atoms with Gasteiger partial charge in [-0.1, -0.05) is 21.0 Å². The Bertz CT molecular complexity index is 438. The summed E-state index contributed by atoms with van der Waals surface area (Å²) in [6.07, 6.45) is -2.46. The normalized spacial score (nSPS) is 13.9. The van der Waals surface area contributed by atoms with Crippen molar-refractivity contribution in [3.63, 3.8) is 0 Å². The third-order valence-corrected chi connectivity index (χ3v) is 2.72. The molecule has 5 nitrogen and oxygen atoms in total. The number of aliphatic hydroxyl groups excluding tert-OH is 2. The summed E-state index contributed by atoms with van der Waals surface area (Å²) in [6, 6.07) is 4.09. The van der Waals surface area contributed by atoms with E-state index >= 15 is 0 Å². The van der Waals surface area contributed by atoms with Crippen molar-refractivity contribution in [2.45, 2.75) is 18.6 Å². The predicted molar refractivity (Wildman–Crippen MR) is 63.7 cm³/mol. The fraction of sp³-hybridized carbons (Fsp3) is 0.400. The van der Waals surface area contributed by atoms with E-state index in [1.54, 1.807) is 0 Å². The highest BCUT2D eigenvalue weighted by Crippen LogP contribution is 2.25. The van der Waals surface area contributed by atoms with Gasteiger partial charge in [-0.2, -0.15) is 0 Å². The van der Waals surface area contributed by atoms with Gasteiger partial charge >= 0.3 is 0 Å². The zero-order chi connectivity index (χ0) is 12.8. The summed E-state index contributed by atoms with van der Waals surface area (Å²) in [6.45, 7) is 0.0460. The Balaban J connectivity index is 2.76. The monoisotopic (exact) mass is 303 g/mol. The highest BCUT2D eigenvalue weighted by atomic mass is 79.9. The molecular weight excluding hydrogens is 293 g/mol. The number of halogens is 2. The van der Waals surface area contributed by atoms with Crippen molar-refractivity contribution in [1.82, 2.24) is 0 Å². The molecule has 0 aromatic heterocycles. The van der Waals surface area contributed by atoms with Crippen molar-refractivity contribution in [3.05, 3.63) is 44.5 Å². The van der Waals surface area contributed by atoms with E-state index in [2.05, 4.69) is 26.0 Å². The van der Waals surface area contributed by atoms with Crippen molar-refractivity contribution < 1.29 is 14.6 Å². The average Bonchev–Trinajstić information content (AvgIpc) is 2.31. The van der Waals surface area contributed by atoms with E-state index in [-0.39, 0.29) is 18.5 Å². The van der Waals surface area contributed by atoms with Gasteiger partial charge in [-0.05, 0) is 30.2 Å². The van der Waals surface area contributed by atoms with Crippen LogP contribution in [0.1, 0.15) is 18.1 Å². The van der Waals surface area contributed by atoms with Crippen molar-refractivity contribution in [1.29, 1.82) is 0 Å². The first-order chi connectivity index (χ1) is 8.06.